The van der Waals surface area contributed by atoms with E-state index in [2.05, 4.69) is 15.2 Å². The molecule has 2 aliphatic rings. The van der Waals surface area contributed by atoms with Crippen LogP contribution in [0.5, 0.6) is 5.88 Å². The van der Waals surface area contributed by atoms with Gasteiger partial charge in [0.25, 0.3) is 0 Å². The third kappa shape index (κ3) is 3.53. The van der Waals surface area contributed by atoms with Gasteiger partial charge in [0.15, 0.2) is 0 Å². The maximum atomic E-state index is 12.0. The van der Waals surface area contributed by atoms with E-state index in [0.717, 1.165) is 38.9 Å². The minimum absolute atomic E-state index is 0.263. The average molecular weight is 289 g/mol. The summed E-state index contributed by atoms with van der Waals surface area (Å²) in [6, 6.07) is 4.25. The van der Waals surface area contributed by atoms with Gasteiger partial charge in [-0.15, -0.1) is 0 Å². The Bertz CT molecular complexity index is 485. The highest BCUT2D eigenvalue weighted by Crippen LogP contribution is 2.26. The van der Waals surface area contributed by atoms with Crippen LogP contribution < -0.4 is 10.1 Å². The van der Waals surface area contributed by atoms with E-state index < -0.39 is 0 Å². The van der Waals surface area contributed by atoms with Gasteiger partial charge in [-0.05, 0) is 24.8 Å². The van der Waals surface area contributed by atoms with Gasteiger partial charge in [-0.3, -0.25) is 9.69 Å². The van der Waals surface area contributed by atoms with Crippen LogP contribution >= 0.6 is 0 Å². The second kappa shape index (κ2) is 6.43. The van der Waals surface area contributed by atoms with Gasteiger partial charge in [-0.1, -0.05) is 12.5 Å². The van der Waals surface area contributed by atoms with Crippen molar-refractivity contribution in [2.24, 2.45) is 5.92 Å². The number of hydrogen-bond donors (Lipinski definition) is 1. The van der Waals surface area contributed by atoms with Crippen LogP contribution in [0.15, 0.2) is 18.3 Å². The molecule has 114 valence electrons. The molecular weight excluding hydrogens is 266 g/mol. The van der Waals surface area contributed by atoms with Crippen molar-refractivity contribution < 1.29 is 9.53 Å². The highest BCUT2D eigenvalue weighted by atomic mass is 16.5. The van der Waals surface area contributed by atoms with Gasteiger partial charge in [0.05, 0.1) is 7.11 Å². The lowest BCUT2D eigenvalue weighted by Gasteiger charge is -2.26. The number of hydrogen-bond acceptors (Lipinski definition) is 4. The second-order valence-corrected chi connectivity index (χ2v) is 6.07. The minimum Gasteiger partial charge on any atom is -0.481 e. The van der Waals surface area contributed by atoms with Crippen molar-refractivity contribution in [1.29, 1.82) is 0 Å². The maximum absolute atomic E-state index is 12.0. The average Bonchev–Trinajstić information content (AvgIpc) is 2.84. The van der Waals surface area contributed by atoms with E-state index >= 15 is 0 Å². The molecule has 1 atom stereocenters. The fourth-order valence-corrected chi connectivity index (χ4v) is 2.97. The van der Waals surface area contributed by atoms with Crippen LogP contribution in [-0.4, -0.2) is 42.0 Å². The second-order valence-electron chi connectivity index (χ2n) is 6.07. The van der Waals surface area contributed by atoms with Crippen molar-refractivity contribution in [1.82, 2.24) is 15.2 Å². The van der Waals surface area contributed by atoms with Crippen molar-refractivity contribution in [3.63, 3.8) is 0 Å². The molecule has 0 aromatic carbocycles. The van der Waals surface area contributed by atoms with E-state index in [0.29, 0.717) is 11.9 Å². The molecule has 3 rings (SSSR count). The molecule has 0 spiro atoms. The molecule has 2 fully saturated rings. The zero-order valence-electron chi connectivity index (χ0n) is 12.5. The Morgan fingerprint density at radius 2 is 2.29 bits per heavy atom. The maximum Gasteiger partial charge on any atom is 0.223 e. The number of carbonyl (C=O) groups is 1. The molecule has 1 amide bonds. The molecule has 1 aromatic heterocycles. The fourth-order valence-electron chi connectivity index (χ4n) is 2.97. The highest BCUT2D eigenvalue weighted by molar-refractivity contribution is 5.79. The first-order valence-electron chi connectivity index (χ1n) is 7.76. The zero-order valence-corrected chi connectivity index (χ0v) is 12.5. The number of amides is 1. The monoisotopic (exact) mass is 289 g/mol. The Morgan fingerprint density at radius 1 is 1.43 bits per heavy atom. The SMILES string of the molecule is COc1ccc(CN2CC[C@H](NC(=O)C3CCC3)C2)cn1. The number of rotatable bonds is 5. The smallest absolute Gasteiger partial charge is 0.223 e. The topological polar surface area (TPSA) is 54.5 Å². The summed E-state index contributed by atoms with van der Waals surface area (Å²) in [6.45, 7) is 2.85. The molecule has 1 saturated heterocycles. The van der Waals surface area contributed by atoms with Crippen LogP contribution in [-0.2, 0) is 11.3 Å². The normalized spacial score (nSPS) is 22.8. The molecule has 1 aliphatic carbocycles. The molecule has 0 radical (unpaired) electrons. The van der Waals surface area contributed by atoms with Crippen molar-refractivity contribution >= 4 is 5.91 Å². The minimum atomic E-state index is 0.263. The Kier molecular flexibility index (Phi) is 4.39. The molecule has 5 heteroatoms. The van der Waals surface area contributed by atoms with Crippen LogP contribution in [0.2, 0.25) is 0 Å². The predicted octanol–water partition coefficient (Wildman–Crippen LogP) is 1.58. The Hall–Kier alpha value is -1.62. The van der Waals surface area contributed by atoms with E-state index in [1.165, 1.54) is 12.0 Å². The number of nitrogens with zero attached hydrogens (tertiary/aromatic N) is 2. The van der Waals surface area contributed by atoms with Crippen molar-refractivity contribution in [3.05, 3.63) is 23.9 Å². The number of nitrogens with one attached hydrogen (secondary N) is 1. The first kappa shape index (κ1) is 14.3. The summed E-state index contributed by atoms with van der Waals surface area (Å²) in [5, 5.41) is 3.20. The number of ether oxygens (including phenoxy) is 1. The molecule has 1 aromatic rings. The number of carbonyl (C=O) groups excluding carboxylic acids is 1. The van der Waals surface area contributed by atoms with Gasteiger partial charge < -0.3 is 10.1 Å². The van der Waals surface area contributed by atoms with Crippen LogP contribution in [0.25, 0.3) is 0 Å². The first-order chi connectivity index (χ1) is 10.2. The molecule has 5 nitrogen and oxygen atoms in total. The highest BCUT2D eigenvalue weighted by Gasteiger charge is 2.29. The van der Waals surface area contributed by atoms with E-state index in [4.69, 9.17) is 4.74 Å². The Morgan fingerprint density at radius 3 is 2.90 bits per heavy atom. The molecule has 21 heavy (non-hydrogen) atoms. The molecule has 0 bridgehead atoms. The Balaban J connectivity index is 1.46. The number of likely N-dealkylation sites (tertiary alicyclic amines) is 1. The molecule has 1 N–H and O–H groups in total. The van der Waals surface area contributed by atoms with Crippen LogP contribution in [0.1, 0.15) is 31.2 Å². The number of pyridine rings is 1. The van der Waals surface area contributed by atoms with E-state index in [-0.39, 0.29) is 11.8 Å². The van der Waals surface area contributed by atoms with Crippen LogP contribution in [0, 0.1) is 5.92 Å². The van der Waals surface area contributed by atoms with Gasteiger partial charge in [-0.2, -0.15) is 0 Å². The van der Waals surface area contributed by atoms with Crippen LogP contribution in [0.4, 0.5) is 0 Å². The quantitative estimate of drug-likeness (QED) is 0.894. The third-order valence-corrected chi connectivity index (χ3v) is 4.51. The third-order valence-electron chi connectivity index (χ3n) is 4.51. The van der Waals surface area contributed by atoms with Gasteiger partial charge in [0.1, 0.15) is 0 Å². The van der Waals surface area contributed by atoms with E-state index in [1.54, 1.807) is 7.11 Å². The molecule has 0 unspecified atom stereocenters. The molecule has 2 heterocycles. The summed E-state index contributed by atoms with van der Waals surface area (Å²) in [4.78, 5) is 18.6. The lowest BCUT2D eigenvalue weighted by Crippen LogP contribution is -2.42. The molecule has 1 saturated carbocycles. The van der Waals surface area contributed by atoms with Gasteiger partial charge >= 0.3 is 0 Å². The summed E-state index contributed by atoms with van der Waals surface area (Å²) >= 11 is 0. The van der Waals surface area contributed by atoms with Crippen molar-refractivity contribution in [2.45, 2.75) is 38.3 Å². The lowest BCUT2D eigenvalue weighted by atomic mass is 9.84. The summed E-state index contributed by atoms with van der Waals surface area (Å²) in [6.07, 6.45) is 6.25. The fraction of sp³-hybridized carbons (Fsp3) is 0.625. The zero-order chi connectivity index (χ0) is 14.7. The van der Waals surface area contributed by atoms with Gasteiger partial charge in [0.2, 0.25) is 11.8 Å². The van der Waals surface area contributed by atoms with Crippen molar-refractivity contribution in [2.75, 3.05) is 20.2 Å². The largest absolute Gasteiger partial charge is 0.481 e. The molecular formula is C16H23N3O2. The molecule has 1 aliphatic heterocycles. The lowest BCUT2D eigenvalue weighted by molar-refractivity contribution is -0.128. The van der Waals surface area contributed by atoms with Gasteiger partial charge in [0, 0.05) is 43.9 Å². The summed E-state index contributed by atoms with van der Waals surface area (Å²) in [5.74, 6) is 1.19. The first-order valence-corrected chi connectivity index (χ1v) is 7.76. The summed E-state index contributed by atoms with van der Waals surface area (Å²) in [5.41, 5.74) is 1.18. The number of aromatic nitrogens is 1. The predicted molar refractivity (Wildman–Crippen MR) is 80.0 cm³/mol. The van der Waals surface area contributed by atoms with Crippen molar-refractivity contribution in [3.8, 4) is 5.88 Å². The van der Waals surface area contributed by atoms with Gasteiger partial charge in [-0.25, -0.2) is 4.98 Å². The van der Waals surface area contributed by atoms with E-state index in [1.807, 2.05) is 18.3 Å². The number of methoxy groups -OCH3 is 1. The summed E-state index contributed by atoms with van der Waals surface area (Å²) in [7, 11) is 1.62. The van der Waals surface area contributed by atoms with Crippen LogP contribution in [0.3, 0.4) is 0 Å². The standard InChI is InChI=1S/C16H23N3O2/c1-21-15-6-5-12(9-17-15)10-19-8-7-14(11-19)18-16(20)13-3-2-4-13/h5-6,9,13-14H,2-4,7-8,10-11H2,1H3,(H,18,20)/t14-/m0/s1. The van der Waals surface area contributed by atoms with E-state index in [9.17, 15) is 4.79 Å². The Labute approximate surface area is 125 Å². The summed E-state index contributed by atoms with van der Waals surface area (Å²) < 4.78 is 5.07.